The van der Waals surface area contributed by atoms with Gasteiger partial charge in [-0.1, -0.05) is 0 Å². The van der Waals surface area contributed by atoms with Gasteiger partial charge in [0.25, 0.3) is 0 Å². The Bertz CT molecular complexity index is 277. The molecule has 0 aromatic heterocycles. The van der Waals surface area contributed by atoms with Crippen molar-refractivity contribution >= 4 is 0 Å². The van der Waals surface area contributed by atoms with Gasteiger partial charge in [-0.3, -0.25) is 0 Å². The Morgan fingerprint density at radius 2 is 2.00 bits per heavy atom. The molecule has 0 spiro atoms. The number of hydrogen-bond donors (Lipinski definition) is 1. The van der Waals surface area contributed by atoms with Gasteiger partial charge in [0.1, 0.15) is 0 Å². The summed E-state index contributed by atoms with van der Waals surface area (Å²) in [6.07, 6.45) is 4.66. The molecule has 2 aliphatic rings. The van der Waals surface area contributed by atoms with E-state index in [1.165, 1.54) is 25.9 Å². The van der Waals surface area contributed by atoms with Gasteiger partial charge < -0.3 is 20.1 Å². The van der Waals surface area contributed by atoms with Crippen LogP contribution in [0.3, 0.4) is 0 Å². The Morgan fingerprint density at radius 3 is 2.58 bits per heavy atom. The van der Waals surface area contributed by atoms with Gasteiger partial charge in [-0.05, 0) is 65.6 Å². The molecule has 0 aromatic rings. The molecule has 0 aromatic carbocycles. The highest BCUT2D eigenvalue weighted by Crippen LogP contribution is 2.34. The molecule has 2 N–H and O–H groups in total. The number of likely N-dealkylation sites (tertiary alicyclic amines) is 1. The largest absolute Gasteiger partial charge is 0.348 e. The van der Waals surface area contributed by atoms with Crippen molar-refractivity contribution in [1.82, 2.24) is 4.90 Å². The van der Waals surface area contributed by atoms with Gasteiger partial charge in [-0.25, -0.2) is 0 Å². The predicted octanol–water partition coefficient (Wildman–Crippen LogP) is 1.98. The van der Waals surface area contributed by atoms with E-state index in [-0.39, 0.29) is 11.9 Å². The van der Waals surface area contributed by atoms with E-state index in [0.717, 1.165) is 18.8 Å². The first-order valence-electron chi connectivity index (χ1n) is 7.78. The van der Waals surface area contributed by atoms with Crippen molar-refractivity contribution in [2.45, 2.75) is 64.4 Å². The van der Waals surface area contributed by atoms with Crippen molar-refractivity contribution in [2.75, 3.05) is 26.2 Å². The first kappa shape index (κ1) is 15.2. The van der Waals surface area contributed by atoms with E-state index in [4.69, 9.17) is 15.2 Å². The number of hydrogen-bond acceptors (Lipinski definition) is 4. The monoisotopic (exact) mass is 270 g/mol. The molecule has 0 amide bonds. The van der Waals surface area contributed by atoms with Crippen molar-refractivity contribution in [3.63, 3.8) is 0 Å². The van der Waals surface area contributed by atoms with Crippen LogP contribution in [0, 0.1) is 5.92 Å². The fraction of sp³-hybridized carbons (Fsp3) is 1.00. The SMILES string of the molecule is CC(C)N1CCC(CC2(C)OCC(CCN)O2)CC1. The molecule has 0 radical (unpaired) electrons. The molecule has 0 bridgehead atoms. The van der Waals surface area contributed by atoms with E-state index in [1.54, 1.807) is 0 Å². The zero-order chi connectivity index (χ0) is 13.9. The number of piperidine rings is 1. The van der Waals surface area contributed by atoms with Gasteiger partial charge in [0, 0.05) is 12.5 Å². The zero-order valence-corrected chi connectivity index (χ0v) is 12.7. The third-order valence-corrected chi connectivity index (χ3v) is 4.52. The fourth-order valence-corrected chi connectivity index (χ4v) is 3.32. The minimum atomic E-state index is -0.371. The maximum Gasteiger partial charge on any atom is 0.166 e. The lowest BCUT2D eigenvalue weighted by Crippen LogP contribution is -2.40. The number of ether oxygens (including phenoxy) is 2. The maximum absolute atomic E-state index is 6.05. The molecular weight excluding hydrogens is 240 g/mol. The summed E-state index contributed by atoms with van der Waals surface area (Å²) < 4.78 is 11.9. The van der Waals surface area contributed by atoms with Crippen LogP contribution in [-0.4, -0.2) is 49.1 Å². The normalized spacial score (nSPS) is 34.3. The van der Waals surface area contributed by atoms with Gasteiger partial charge in [0.2, 0.25) is 0 Å². The van der Waals surface area contributed by atoms with Crippen LogP contribution in [-0.2, 0) is 9.47 Å². The fourth-order valence-electron chi connectivity index (χ4n) is 3.32. The minimum absolute atomic E-state index is 0.200. The first-order valence-corrected chi connectivity index (χ1v) is 7.78. The number of rotatable bonds is 5. The summed E-state index contributed by atoms with van der Waals surface area (Å²) in [5.41, 5.74) is 5.58. The Hall–Kier alpha value is -0.160. The zero-order valence-electron chi connectivity index (χ0n) is 12.7. The average molecular weight is 270 g/mol. The minimum Gasteiger partial charge on any atom is -0.348 e. The van der Waals surface area contributed by atoms with Gasteiger partial charge in [0.05, 0.1) is 12.7 Å². The number of nitrogens with zero attached hydrogens (tertiary/aromatic N) is 1. The lowest BCUT2D eigenvalue weighted by atomic mass is 9.89. The standard InChI is InChI=1S/C15H30N2O2/c1-12(2)17-8-5-13(6-9-17)10-15(3)18-11-14(19-15)4-7-16/h12-14H,4-11,16H2,1-3H3. The molecule has 2 atom stereocenters. The van der Waals surface area contributed by atoms with Gasteiger partial charge in [-0.15, -0.1) is 0 Å². The van der Waals surface area contributed by atoms with Gasteiger partial charge in [-0.2, -0.15) is 0 Å². The molecule has 2 unspecified atom stereocenters. The third kappa shape index (κ3) is 4.15. The number of nitrogens with two attached hydrogens (primary N) is 1. The van der Waals surface area contributed by atoms with Crippen molar-refractivity contribution in [3.8, 4) is 0 Å². The summed E-state index contributed by atoms with van der Waals surface area (Å²) in [7, 11) is 0. The van der Waals surface area contributed by atoms with Gasteiger partial charge >= 0.3 is 0 Å². The van der Waals surface area contributed by atoms with Crippen molar-refractivity contribution < 1.29 is 9.47 Å². The Morgan fingerprint density at radius 1 is 1.32 bits per heavy atom. The van der Waals surface area contributed by atoms with Crippen molar-refractivity contribution in [2.24, 2.45) is 11.7 Å². The average Bonchev–Trinajstić information content (AvgIpc) is 2.72. The molecule has 19 heavy (non-hydrogen) atoms. The van der Waals surface area contributed by atoms with E-state index in [9.17, 15) is 0 Å². The van der Waals surface area contributed by atoms with Gasteiger partial charge in [0.15, 0.2) is 5.79 Å². The maximum atomic E-state index is 6.05. The van der Waals surface area contributed by atoms with E-state index in [1.807, 2.05) is 0 Å². The smallest absolute Gasteiger partial charge is 0.166 e. The summed E-state index contributed by atoms with van der Waals surface area (Å²) in [5.74, 6) is 0.362. The van der Waals surface area contributed by atoms with Crippen LogP contribution in [0.2, 0.25) is 0 Å². The van der Waals surface area contributed by atoms with Crippen LogP contribution >= 0.6 is 0 Å². The van der Waals surface area contributed by atoms with Crippen LogP contribution in [0.25, 0.3) is 0 Å². The molecule has 112 valence electrons. The van der Waals surface area contributed by atoms with E-state index in [0.29, 0.717) is 19.2 Å². The second-order valence-electron chi connectivity index (χ2n) is 6.54. The first-order chi connectivity index (χ1) is 9.02. The van der Waals surface area contributed by atoms with Crippen LogP contribution in [0.1, 0.15) is 46.5 Å². The molecular formula is C15H30N2O2. The predicted molar refractivity (Wildman–Crippen MR) is 77.0 cm³/mol. The second-order valence-corrected chi connectivity index (χ2v) is 6.54. The second kappa shape index (κ2) is 6.53. The van der Waals surface area contributed by atoms with E-state index < -0.39 is 0 Å². The molecule has 2 aliphatic heterocycles. The summed E-state index contributed by atoms with van der Waals surface area (Å²) in [6, 6.07) is 0.671. The highest BCUT2D eigenvalue weighted by molar-refractivity contribution is 4.82. The Balaban J connectivity index is 1.76. The highest BCUT2D eigenvalue weighted by atomic mass is 16.7. The van der Waals surface area contributed by atoms with E-state index in [2.05, 4.69) is 25.7 Å². The molecule has 0 saturated carbocycles. The summed E-state index contributed by atoms with van der Waals surface area (Å²) in [4.78, 5) is 2.56. The molecule has 2 rings (SSSR count). The molecule has 0 aliphatic carbocycles. The Labute approximate surface area is 117 Å². The molecule has 4 heteroatoms. The molecule has 4 nitrogen and oxygen atoms in total. The quantitative estimate of drug-likeness (QED) is 0.830. The summed E-state index contributed by atoms with van der Waals surface area (Å²) in [5, 5.41) is 0. The lowest BCUT2D eigenvalue weighted by Gasteiger charge is -2.37. The molecule has 2 fully saturated rings. The van der Waals surface area contributed by atoms with Crippen molar-refractivity contribution in [1.29, 1.82) is 0 Å². The summed E-state index contributed by atoms with van der Waals surface area (Å²) in [6.45, 7) is 10.5. The van der Waals surface area contributed by atoms with Crippen LogP contribution in [0.5, 0.6) is 0 Å². The van der Waals surface area contributed by atoms with Crippen LogP contribution < -0.4 is 5.73 Å². The topological polar surface area (TPSA) is 47.7 Å². The third-order valence-electron chi connectivity index (χ3n) is 4.52. The van der Waals surface area contributed by atoms with E-state index >= 15 is 0 Å². The summed E-state index contributed by atoms with van der Waals surface area (Å²) >= 11 is 0. The van der Waals surface area contributed by atoms with Crippen molar-refractivity contribution in [3.05, 3.63) is 0 Å². The lowest BCUT2D eigenvalue weighted by molar-refractivity contribution is -0.169. The van der Waals surface area contributed by atoms with Crippen LogP contribution in [0.15, 0.2) is 0 Å². The molecule has 2 heterocycles. The van der Waals surface area contributed by atoms with Crippen LogP contribution in [0.4, 0.5) is 0 Å². The Kier molecular flexibility index (Phi) is 5.23. The highest BCUT2D eigenvalue weighted by Gasteiger charge is 2.39. The molecule has 2 saturated heterocycles.